The maximum absolute atomic E-state index is 14.0. The van der Waals surface area contributed by atoms with E-state index in [1.54, 1.807) is 6.92 Å². The third-order valence-electron chi connectivity index (χ3n) is 5.54. The molecule has 0 amide bonds. The van der Waals surface area contributed by atoms with Gasteiger partial charge in [0, 0.05) is 18.7 Å². The predicted octanol–water partition coefficient (Wildman–Crippen LogP) is 6.83. The van der Waals surface area contributed by atoms with Crippen molar-refractivity contribution in [2.45, 2.75) is 49.8 Å². The van der Waals surface area contributed by atoms with Crippen LogP contribution in [0.2, 0.25) is 0 Å². The molecule has 0 saturated heterocycles. The van der Waals surface area contributed by atoms with E-state index >= 15 is 0 Å². The zero-order valence-corrected chi connectivity index (χ0v) is 21.7. The van der Waals surface area contributed by atoms with E-state index in [9.17, 15) is 44.3 Å². The minimum absolute atomic E-state index is 0.0645. The number of alkyl halides is 10. The van der Waals surface area contributed by atoms with Crippen LogP contribution in [0.25, 0.3) is 0 Å². The summed E-state index contributed by atoms with van der Waals surface area (Å²) >= 11 is 3.11. The first-order valence-electron chi connectivity index (χ1n) is 11.1. The lowest BCUT2D eigenvalue weighted by atomic mass is 9.95. The Balaban J connectivity index is 2.19. The Bertz CT molecular complexity index is 1300. The highest BCUT2D eigenvalue weighted by molar-refractivity contribution is 9.10. The van der Waals surface area contributed by atoms with Crippen molar-refractivity contribution in [1.29, 1.82) is 0 Å². The molecule has 0 N–H and O–H groups in total. The molecule has 0 fully saturated rings. The monoisotopic (exact) mass is 631 g/mol. The van der Waals surface area contributed by atoms with Gasteiger partial charge in [0.05, 0.1) is 28.6 Å². The Morgan fingerprint density at radius 1 is 0.949 bits per heavy atom. The molecular weight excluding hydrogens is 613 g/mol. The highest BCUT2D eigenvalue weighted by atomic mass is 79.9. The average molecular weight is 632 g/mol. The molecule has 3 rings (SSSR count). The van der Waals surface area contributed by atoms with Gasteiger partial charge in [-0.15, -0.1) is 5.10 Å². The normalized spacial score (nSPS) is 13.4. The van der Waals surface area contributed by atoms with Gasteiger partial charge < -0.3 is 4.90 Å². The van der Waals surface area contributed by atoms with E-state index in [0.717, 1.165) is 27.9 Å². The summed E-state index contributed by atoms with van der Waals surface area (Å²) in [6.45, 7) is 0.0553. The third-order valence-corrected chi connectivity index (χ3v) is 6.60. The Kier molecular flexibility index (Phi) is 8.67. The smallest absolute Gasteiger partial charge is 0.330 e. The molecule has 1 unspecified atom stereocenters. The Morgan fingerprint density at radius 2 is 1.54 bits per heavy atom. The van der Waals surface area contributed by atoms with Crippen LogP contribution in [0, 0.1) is 0 Å². The lowest BCUT2D eigenvalue weighted by Gasteiger charge is -2.26. The van der Waals surface area contributed by atoms with Crippen LogP contribution in [0.15, 0.2) is 36.4 Å². The zero-order chi connectivity index (χ0) is 29.3. The summed E-state index contributed by atoms with van der Waals surface area (Å²) in [6.07, 6.45) is -15.0. The molecule has 39 heavy (non-hydrogen) atoms. The molecule has 3 aromatic rings. The SMILES string of the molecule is CCC(Br)C(=O)c1cccc(C(F)(F)F)c1CN(Cc1cc(C(F)(F)F)cc(C(F)(F)F)c1)c1nnn(C)n1. The van der Waals surface area contributed by atoms with Crippen molar-refractivity contribution in [2.75, 3.05) is 4.90 Å². The molecule has 2 aromatic carbocycles. The van der Waals surface area contributed by atoms with E-state index in [-0.39, 0.29) is 24.0 Å². The molecule has 0 spiro atoms. The number of carbonyl (C=O) groups is 1. The molecule has 212 valence electrons. The fourth-order valence-electron chi connectivity index (χ4n) is 3.73. The standard InChI is InChI=1S/C23H19BrF9N5O/c1-3-18(24)19(39)15-5-4-6-17(23(31,32)33)16(15)11-38(20-34-36-37(2)35-20)10-12-7-13(21(25,26)27)9-14(8-12)22(28,29)30/h4-9,18H,3,10-11H2,1-2H3. The predicted molar refractivity (Wildman–Crippen MR) is 124 cm³/mol. The van der Waals surface area contributed by atoms with Crippen LogP contribution in [-0.4, -0.2) is 30.8 Å². The lowest BCUT2D eigenvalue weighted by molar-refractivity contribution is -0.143. The number of aryl methyl sites for hydroxylation is 1. The summed E-state index contributed by atoms with van der Waals surface area (Å²) in [6, 6.07) is 3.74. The van der Waals surface area contributed by atoms with Crippen LogP contribution in [0.5, 0.6) is 0 Å². The minimum Gasteiger partial charge on any atom is -0.330 e. The number of anilines is 1. The quantitative estimate of drug-likeness (QED) is 0.155. The topological polar surface area (TPSA) is 63.9 Å². The number of halogens is 10. The maximum atomic E-state index is 14.0. The van der Waals surface area contributed by atoms with Crippen molar-refractivity contribution < 1.29 is 44.3 Å². The van der Waals surface area contributed by atoms with Crippen molar-refractivity contribution in [1.82, 2.24) is 20.2 Å². The van der Waals surface area contributed by atoms with E-state index in [1.807, 2.05) is 0 Å². The summed E-state index contributed by atoms with van der Waals surface area (Å²) in [4.78, 5) is 13.9. The summed E-state index contributed by atoms with van der Waals surface area (Å²) in [5.41, 5.74) is -5.83. The summed E-state index contributed by atoms with van der Waals surface area (Å²) in [5.74, 6) is -1.08. The Morgan fingerprint density at radius 3 is 2.00 bits per heavy atom. The zero-order valence-electron chi connectivity index (χ0n) is 20.1. The second kappa shape index (κ2) is 11.1. The van der Waals surface area contributed by atoms with Gasteiger partial charge in [0.1, 0.15) is 0 Å². The number of nitrogens with zero attached hydrogens (tertiary/aromatic N) is 5. The molecular formula is C23H19BrF9N5O. The number of benzene rings is 2. The number of carbonyl (C=O) groups excluding carboxylic acids is 1. The molecule has 0 radical (unpaired) electrons. The number of hydrogen-bond donors (Lipinski definition) is 0. The van der Waals surface area contributed by atoms with Crippen LogP contribution in [0.1, 0.15) is 51.5 Å². The van der Waals surface area contributed by atoms with Crippen molar-refractivity contribution in [3.8, 4) is 0 Å². The highest BCUT2D eigenvalue weighted by Crippen LogP contribution is 2.38. The van der Waals surface area contributed by atoms with Gasteiger partial charge in [0.2, 0.25) is 0 Å². The second-order valence-electron chi connectivity index (χ2n) is 8.42. The molecule has 1 heterocycles. The third kappa shape index (κ3) is 7.28. The minimum atomic E-state index is -5.14. The first kappa shape index (κ1) is 30.4. The fraction of sp³-hybridized carbons (Fsp3) is 0.391. The van der Waals surface area contributed by atoms with E-state index in [1.165, 1.54) is 7.05 Å². The highest BCUT2D eigenvalue weighted by Gasteiger charge is 2.38. The van der Waals surface area contributed by atoms with Crippen molar-refractivity contribution >= 4 is 27.7 Å². The molecule has 0 saturated carbocycles. The largest absolute Gasteiger partial charge is 0.416 e. The number of ketones is 1. The van der Waals surface area contributed by atoms with Gasteiger partial charge >= 0.3 is 18.5 Å². The van der Waals surface area contributed by atoms with Crippen LogP contribution < -0.4 is 4.90 Å². The van der Waals surface area contributed by atoms with Crippen LogP contribution >= 0.6 is 15.9 Å². The van der Waals surface area contributed by atoms with Crippen LogP contribution in [-0.2, 0) is 38.7 Å². The average Bonchev–Trinajstić information content (AvgIpc) is 3.27. The number of hydrogen-bond acceptors (Lipinski definition) is 5. The number of aromatic nitrogens is 4. The summed E-state index contributed by atoms with van der Waals surface area (Å²) in [5, 5.41) is 11.1. The first-order chi connectivity index (χ1) is 17.9. The van der Waals surface area contributed by atoms with E-state index < -0.39 is 70.0 Å². The molecule has 1 atom stereocenters. The second-order valence-corrected chi connectivity index (χ2v) is 9.52. The lowest BCUT2D eigenvalue weighted by Crippen LogP contribution is -2.28. The fourth-order valence-corrected chi connectivity index (χ4v) is 3.97. The number of rotatable bonds is 8. The number of tetrazole rings is 1. The maximum Gasteiger partial charge on any atom is 0.416 e. The van der Waals surface area contributed by atoms with Crippen molar-refractivity contribution in [3.05, 3.63) is 69.8 Å². The van der Waals surface area contributed by atoms with E-state index in [4.69, 9.17) is 0 Å². The van der Waals surface area contributed by atoms with Gasteiger partial charge in [-0.2, -0.15) is 44.3 Å². The molecule has 1 aromatic heterocycles. The van der Waals surface area contributed by atoms with Crippen molar-refractivity contribution in [2.24, 2.45) is 7.05 Å². The summed E-state index contributed by atoms with van der Waals surface area (Å²) in [7, 11) is 1.30. The van der Waals surface area contributed by atoms with Crippen molar-refractivity contribution in [3.63, 3.8) is 0 Å². The van der Waals surface area contributed by atoms with Crippen LogP contribution in [0.3, 0.4) is 0 Å². The molecule has 0 aliphatic heterocycles. The van der Waals surface area contributed by atoms with E-state index in [2.05, 4.69) is 31.3 Å². The Hall–Kier alpha value is -3.17. The summed E-state index contributed by atoms with van der Waals surface area (Å²) < 4.78 is 122. The van der Waals surface area contributed by atoms with Gasteiger partial charge in [-0.25, -0.2) is 0 Å². The van der Waals surface area contributed by atoms with Crippen LogP contribution in [0.4, 0.5) is 45.5 Å². The Labute approximate surface area is 223 Å². The molecule has 6 nitrogen and oxygen atoms in total. The number of Topliss-reactive ketones (excluding diaryl/α,β-unsaturated/α-hetero) is 1. The molecule has 0 bridgehead atoms. The molecule has 16 heteroatoms. The van der Waals surface area contributed by atoms with Gasteiger partial charge in [-0.05, 0) is 47.0 Å². The van der Waals surface area contributed by atoms with Gasteiger partial charge in [-0.1, -0.05) is 40.1 Å². The molecule has 0 aliphatic rings. The van der Waals surface area contributed by atoms with E-state index in [0.29, 0.717) is 12.1 Å². The first-order valence-corrected chi connectivity index (χ1v) is 12.0. The van der Waals surface area contributed by atoms with Gasteiger partial charge in [0.15, 0.2) is 5.78 Å². The van der Waals surface area contributed by atoms with Gasteiger partial charge in [0.25, 0.3) is 5.95 Å². The van der Waals surface area contributed by atoms with Gasteiger partial charge in [-0.3, -0.25) is 4.79 Å². The molecule has 0 aliphatic carbocycles.